The minimum Gasteiger partial charge on any atom is -0.497 e. The molecule has 0 spiro atoms. The monoisotopic (exact) mass is 261 g/mol. The topological polar surface area (TPSA) is 35.2 Å². The summed E-state index contributed by atoms with van der Waals surface area (Å²) in [5, 5.41) is 0. The van der Waals surface area contributed by atoms with Crippen LogP contribution in [0.25, 0.3) is 0 Å². The maximum atomic E-state index is 6.26. The Morgan fingerprint density at radius 2 is 1.84 bits per heavy atom. The van der Waals surface area contributed by atoms with E-state index in [1.54, 1.807) is 7.11 Å². The van der Waals surface area contributed by atoms with Crippen molar-refractivity contribution in [2.75, 3.05) is 7.11 Å². The molecule has 0 saturated heterocycles. The molecular formula is C17H27NO. The van der Waals surface area contributed by atoms with Crippen LogP contribution in [0.4, 0.5) is 0 Å². The molecule has 1 saturated carbocycles. The Balaban J connectivity index is 1.71. The Kier molecular flexibility index (Phi) is 5.71. The molecule has 0 amide bonds. The molecule has 1 aliphatic carbocycles. The molecule has 0 aliphatic heterocycles. The van der Waals surface area contributed by atoms with Crippen LogP contribution in [-0.2, 0) is 6.42 Å². The summed E-state index contributed by atoms with van der Waals surface area (Å²) < 4.78 is 5.17. The number of benzene rings is 1. The summed E-state index contributed by atoms with van der Waals surface area (Å²) in [6.07, 6.45) is 10.6. The predicted molar refractivity (Wildman–Crippen MR) is 80.5 cm³/mol. The van der Waals surface area contributed by atoms with Gasteiger partial charge in [-0.25, -0.2) is 0 Å². The van der Waals surface area contributed by atoms with Crippen LogP contribution in [0.15, 0.2) is 24.3 Å². The van der Waals surface area contributed by atoms with Gasteiger partial charge in [-0.1, -0.05) is 44.2 Å². The van der Waals surface area contributed by atoms with Gasteiger partial charge in [0.2, 0.25) is 0 Å². The quantitative estimate of drug-likeness (QED) is 0.842. The van der Waals surface area contributed by atoms with Crippen molar-refractivity contribution >= 4 is 0 Å². The Hall–Kier alpha value is -1.02. The highest BCUT2D eigenvalue weighted by Crippen LogP contribution is 2.27. The van der Waals surface area contributed by atoms with E-state index in [4.69, 9.17) is 10.5 Å². The van der Waals surface area contributed by atoms with E-state index in [1.807, 2.05) is 12.1 Å². The summed E-state index contributed by atoms with van der Waals surface area (Å²) in [5.74, 6) is 1.86. The highest BCUT2D eigenvalue weighted by molar-refractivity contribution is 5.27. The number of hydrogen-bond acceptors (Lipinski definition) is 2. The largest absolute Gasteiger partial charge is 0.497 e. The van der Waals surface area contributed by atoms with E-state index < -0.39 is 0 Å². The molecule has 2 N–H and O–H groups in total. The number of nitrogens with two attached hydrogens (primary N) is 1. The van der Waals surface area contributed by atoms with E-state index in [0.717, 1.165) is 24.5 Å². The van der Waals surface area contributed by atoms with Crippen LogP contribution < -0.4 is 10.5 Å². The molecule has 2 rings (SSSR count). The molecule has 1 aromatic rings. The molecule has 0 bridgehead atoms. The molecule has 106 valence electrons. The molecule has 1 aromatic carbocycles. The van der Waals surface area contributed by atoms with Gasteiger partial charge < -0.3 is 10.5 Å². The van der Waals surface area contributed by atoms with Gasteiger partial charge in [0.1, 0.15) is 5.75 Å². The van der Waals surface area contributed by atoms with Crippen molar-refractivity contribution < 1.29 is 4.74 Å². The molecule has 1 unspecified atom stereocenters. The molecule has 2 heteroatoms. The van der Waals surface area contributed by atoms with Gasteiger partial charge >= 0.3 is 0 Å². The first-order chi connectivity index (χ1) is 9.28. The fourth-order valence-electron chi connectivity index (χ4n) is 3.09. The zero-order valence-electron chi connectivity index (χ0n) is 12.1. The van der Waals surface area contributed by atoms with Gasteiger partial charge in [-0.05, 0) is 42.9 Å². The van der Waals surface area contributed by atoms with Gasteiger partial charge in [0, 0.05) is 6.04 Å². The average Bonchev–Trinajstić information content (AvgIpc) is 2.47. The third-order valence-corrected chi connectivity index (χ3v) is 4.33. The van der Waals surface area contributed by atoms with Crippen molar-refractivity contribution in [3.8, 4) is 5.75 Å². The Labute approximate surface area is 117 Å². The van der Waals surface area contributed by atoms with Gasteiger partial charge in [0.05, 0.1) is 7.11 Å². The lowest BCUT2D eigenvalue weighted by Crippen LogP contribution is -2.24. The highest BCUT2D eigenvalue weighted by atomic mass is 16.5. The molecule has 0 aromatic heterocycles. The standard InChI is InChI=1S/C17H27NO/c1-19-17-11-8-15(9-12-17)13-16(18)10-7-14-5-3-2-4-6-14/h8-9,11-12,14,16H,2-7,10,13,18H2,1H3. The van der Waals surface area contributed by atoms with Crippen molar-refractivity contribution in [1.82, 2.24) is 0 Å². The van der Waals surface area contributed by atoms with E-state index in [-0.39, 0.29) is 0 Å². The van der Waals surface area contributed by atoms with Crippen molar-refractivity contribution in [2.45, 2.75) is 57.4 Å². The zero-order chi connectivity index (χ0) is 13.5. The van der Waals surface area contributed by atoms with Crippen LogP contribution in [0, 0.1) is 5.92 Å². The van der Waals surface area contributed by atoms with Crippen LogP contribution in [0.2, 0.25) is 0 Å². The molecule has 2 nitrogen and oxygen atoms in total. The SMILES string of the molecule is COc1ccc(CC(N)CCC2CCCCC2)cc1. The fraction of sp³-hybridized carbons (Fsp3) is 0.647. The van der Waals surface area contributed by atoms with E-state index >= 15 is 0 Å². The molecule has 1 aliphatic rings. The second-order valence-electron chi connectivity index (χ2n) is 5.89. The lowest BCUT2D eigenvalue weighted by atomic mass is 9.85. The molecule has 1 atom stereocenters. The van der Waals surface area contributed by atoms with Crippen LogP contribution >= 0.6 is 0 Å². The average molecular weight is 261 g/mol. The molecule has 0 heterocycles. The predicted octanol–water partition coefficient (Wildman–Crippen LogP) is 3.93. The molecular weight excluding hydrogens is 234 g/mol. The van der Waals surface area contributed by atoms with E-state index in [2.05, 4.69) is 12.1 Å². The molecule has 1 fully saturated rings. The Morgan fingerprint density at radius 1 is 1.16 bits per heavy atom. The lowest BCUT2D eigenvalue weighted by molar-refractivity contribution is 0.323. The normalized spacial score (nSPS) is 18.2. The van der Waals surface area contributed by atoms with Gasteiger partial charge in [-0.15, -0.1) is 0 Å². The highest BCUT2D eigenvalue weighted by Gasteiger charge is 2.14. The number of hydrogen-bond donors (Lipinski definition) is 1. The molecule has 19 heavy (non-hydrogen) atoms. The van der Waals surface area contributed by atoms with E-state index in [0.29, 0.717) is 6.04 Å². The minimum atomic E-state index is 0.301. The summed E-state index contributed by atoms with van der Waals surface area (Å²) in [6.45, 7) is 0. The van der Waals surface area contributed by atoms with Gasteiger partial charge in [-0.3, -0.25) is 0 Å². The van der Waals surface area contributed by atoms with Crippen molar-refractivity contribution in [3.05, 3.63) is 29.8 Å². The Bertz CT molecular complexity index is 354. The van der Waals surface area contributed by atoms with Crippen molar-refractivity contribution in [1.29, 1.82) is 0 Å². The van der Waals surface area contributed by atoms with Crippen molar-refractivity contribution in [2.24, 2.45) is 11.7 Å². The van der Waals surface area contributed by atoms with Crippen molar-refractivity contribution in [3.63, 3.8) is 0 Å². The minimum absolute atomic E-state index is 0.301. The van der Waals surface area contributed by atoms with Crippen LogP contribution in [-0.4, -0.2) is 13.2 Å². The maximum absolute atomic E-state index is 6.26. The summed E-state index contributed by atoms with van der Waals surface area (Å²) in [7, 11) is 1.70. The van der Waals surface area contributed by atoms with E-state index in [1.165, 1.54) is 44.1 Å². The van der Waals surface area contributed by atoms with E-state index in [9.17, 15) is 0 Å². The number of ether oxygens (including phenoxy) is 1. The summed E-state index contributed by atoms with van der Waals surface area (Å²) in [6, 6.07) is 8.58. The fourth-order valence-corrected chi connectivity index (χ4v) is 3.09. The molecule has 0 radical (unpaired) electrons. The van der Waals surface area contributed by atoms with Gasteiger partial charge in [0.15, 0.2) is 0 Å². The Morgan fingerprint density at radius 3 is 2.47 bits per heavy atom. The lowest BCUT2D eigenvalue weighted by Gasteiger charge is -2.23. The first kappa shape index (κ1) is 14.4. The number of methoxy groups -OCH3 is 1. The zero-order valence-corrected chi connectivity index (χ0v) is 12.1. The van der Waals surface area contributed by atoms with Gasteiger partial charge in [-0.2, -0.15) is 0 Å². The smallest absolute Gasteiger partial charge is 0.118 e. The third kappa shape index (κ3) is 4.87. The van der Waals surface area contributed by atoms with Crippen LogP contribution in [0.3, 0.4) is 0 Å². The van der Waals surface area contributed by atoms with Gasteiger partial charge in [0.25, 0.3) is 0 Å². The maximum Gasteiger partial charge on any atom is 0.118 e. The second-order valence-corrected chi connectivity index (χ2v) is 5.89. The first-order valence-corrected chi connectivity index (χ1v) is 7.66. The van der Waals surface area contributed by atoms with Crippen LogP contribution in [0.5, 0.6) is 5.75 Å². The summed E-state index contributed by atoms with van der Waals surface area (Å²) in [4.78, 5) is 0. The second kappa shape index (κ2) is 7.54. The van der Waals surface area contributed by atoms with Crippen LogP contribution in [0.1, 0.15) is 50.5 Å². The summed E-state index contributed by atoms with van der Waals surface area (Å²) in [5.41, 5.74) is 7.58. The summed E-state index contributed by atoms with van der Waals surface area (Å²) >= 11 is 0. The first-order valence-electron chi connectivity index (χ1n) is 7.66. The number of rotatable bonds is 6. The third-order valence-electron chi connectivity index (χ3n) is 4.33.